The molecule has 31 heavy (non-hydrogen) atoms. The summed E-state index contributed by atoms with van der Waals surface area (Å²) >= 11 is 0. The summed E-state index contributed by atoms with van der Waals surface area (Å²) in [6.07, 6.45) is 2.12. The summed E-state index contributed by atoms with van der Waals surface area (Å²) < 4.78 is 27.4. The van der Waals surface area contributed by atoms with Crippen LogP contribution in [-0.2, 0) is 11.2 Å². The number of Topliss-reactive ketones (excluding diaryl/α,β-unsaturated/α-hetero) is 1. The minimum Gasteiger partial charge on any atom is -0.507 e. The summed E-state index contributed by atoms with van der Waals surface area (Å²) in [7, 11) is 1.51. The highest BCUT2D eigenvalue weighted by Gasteiger charge is 2.16. The molecule has 1 heterocycles. The average Bonchev–Trinajstić information content (AvgIpc) is 2.77. The van der Waals surface area contributed by atoms with E-state index in [2.05, 4.69) is 4.98 Å². The molecule has 0 fully saturated rings. The van der Waals surface area contributed by atoms with Gasteiger partial charge in [-0.2, -0.15) is 4.39 Å². The third-order valence-electron chi connectivity index (χ3n) is 5.05. The molecule has 5 nitrogen and oxygen atoms in total. The number of anilines is 1. The van der Waals surface area contributed by atoms with Gasteiger partial charge in [0.15, 0.2) is 5.78 Å². The fourth-order valence-electron chi connectivity index (χ4n) is 3.22. The number of amides is 1. The van der Waals surface area contributed by atoms with Gasteiger partial charge in [0.25, 0.3) is 0 Å². The number of phenolic OH excluding ortho intramolecular Hbond substituents is 1. The van der Waals surface area contributed by atoms with E-state index in [4.69, 9.17) is 0 Å². The van der Waals surface area contributed by atoms with Crippen molar-refractivity contribution in [3.63, 3.8) is 0 Å². The Labute approximate surface area is 179 Å². The lowest BCUT2D eigenvalue weighted by molar-refractivity contribution is -0.118. The summed E-state index contributed by atoms with van der Waals surface area (Å²) in [5.41, 5.74) is 2.08. The molecule has 0 unspecified atom stereocenters. The van der Waals surface area contributed by atoms with Gasteiger partial charge in [-0.25, -0.2) is 9.37 Å². The van der Waals surface area contributed by atoms with Gasteiger partial charge in [0.05, 0.1) is 11.3 Å². The zero-order chi connectivity index (χ0) is 22.5. The number of rotatable bonds is 7. The van der Waals surface area contributed by atoms with Crippen LogP contribution in [0.4, 0.5) is 14.5 Å². The summed E-state index contributed by atoms with van der Waals surface area (Å²) in [5.74, 6) is -1.83. The first-order valence-corrected chi connectivity index (χ1v) is 9.83. The van der Waals surface area contributed by atoms with Crippen LogP contribution in [0.3, 0.4) is 0 Å². The molecule has 1 amide bonds. The minimum atomic E-state index is -0.587. The molecule has 3 rings (SSSR count). The van der Waals surface area contributed by atoms with E-state index in [0.717, 1.165) is 0 Å². The van der Waals surface area contributed by atoms with Gasteiger partial charge < -0.3 is 10.0 Å². The van der Waals surface area contributed by atoms with E-state index >= 15 is 0 Å². The van der Waals surface area contributed by atoms with Crippen LogP contribution in [0.15, 0.2) is 54.7 Å². The van der Waals surface area contributed by atoms with E-state index in [1.165, 1.54) is 48.5 Å². The fourth-order valence-corrected chi connectivity index (χ4v) is 3.22. The molecule has 7 heteroatoms. The first-order valence-electron chi connectivity index (χ1n) is 9.83. The highest BCUT2D eigenvalue weighted by atomic mass is 19.1. The lowest BCUT2D eigenvalue weighted by Crippen LogP contribution is -2.25. The fraction of sp³-hybridized carbons (Fsp3) is 0.208. The number of hydrogen-bond donors (Lipinski definition) is 1. The van der Waals surface area contributed by atoms with Gasteiger partial charge >= 0.3 is 0 Å². The average molecular weight is 424 g/mol. The maximum absolute atomic E-state index is 14.5. The Morgan fingerprint density at radius 3 is 2.35 bits per heavy atom. The number of carbonyl (C=O) groups is 2. The van der Waals surface area contributed by atoms with Crippen molar-refractivity contribution >= 4 is 17.4 Å². The molecule has 0 radical (unpaired) electrons. The van der Waals surface area contributed by atoms with Crippen molar-refractivity contribution in [2.45, 2.75) is 26.2 Å². The van der Waals surface area contributed by atoms with Crippen molar-refractivity contribution in [1.29, 1.82) is 0 Å². The van der Waals surface area contributed by atoms with Gasteiger partial charge in [-0.3, -0.25) is 9.59 Å². The normalized spacial score (nSPS) is 10.7. The molecule has 1 aromatic heterocycles. The van der Waals surface area contributed by atoms with Crippen molar-refractivity contribution in [2.24, 2.45) is 0 Å². The Morgan fingerprint density at radius 1 is 1.03 bits per heavy atom. The van der Waals surface area contributed by atoms with E-state index < -0.39 is 11.8 Å². The summed E-state index contributed by atoms with van der Waals surface area (Å²) in [6.45, 7) is 1.70. The smallest absolute Gasteiger partial charge is 0.226 e. The summed E-state index contributed by atoms with van der Waals surface area (Å²) in [5, 5.41) is 10.3. The summed E-state index contributed by atoms with van der Waals surface area (Å²) in [4.78, 5) is 29.1. The quantitative estimate of drug-likeness (QED) is 0.432. The molecule has 0 aliphatic rings. The topological polar surface area (TPSA) is 70.5 Å². The van der Waals surface area contributed by atoms with Crippen LogP contribution in [0.5, 0.6) is 5.75 Å². The maximum Gasteiger partial charge on any atom is 0.226 e. The molecule has 0 aliphatic carbocycles. The number of aryl methyl sites for hydroxylation is 1. The Balaban J connectivity index is 1.75. The molecule has 1 N–H and O–H groups in total. The first-order chi connectivity index (χ1) is 14.8. The molecule has 0 saturated heterocycles. The maximum atomic E-state index is 14.5. The number of nitrogens with zero attached hydrogens (tertiary/aromatic N) is 2. The van der Waals surface area contributed by atoms with Crippen LogP contribution < -0.4 is 4.90 Å². The van der Waals surface area contributed by atoms with Gasteiger partial charge in [-0.05, 0) is 53.4 Å². The molecule has 0 atom stereocenters. The zero-order valence-electron chi connectivity index (χ0n) is 17.2. The first kappa shape index (κ1) is 22.1. The largest absolute Gasteiger partial charge is 0.507 e. The molecule has 3 aromatic rings. The second-order valence-corrected chi connectivity index (χ2v) is 7.12. The van der Waals surface area contributed by atoms with Crippen LogP contribution >= 0.6 is 0 Å². The Morgan fingerprint density at radius 2 is 1.74 bits per heavy atom. The third-order valence-corrected chi connectivity index (χ3v) is 5.05. The highest BCUT2D eigenvalue weighted by Crippen LogP contribution is 2.30. The molecular weight excluding hydrogens is 402 g/mol. The van der Waals surface area contributed by atoms with Gasteiger partial charge in [0.1, 0.15) is 11.6 Å². The minimum absolute atomic E-state index is 0.126. The van der Waals surface area contributed by atoms with E-state index in [9.17, 15) is 23.5 Å². The van der Waals surface area contributed by atoms with Crippen molar-refractivity contribution < 1.29 is 23.5 Å². The monoisotopic (exact) mass is 424 g/mol. The van der Waals surface area contributed by atoms with Crippen LogP contribution in [0.25, 0.3) is 11.1 Å². The number of pyridine rings is 1. The van der Waals surface area contributed by atoms with Crippen molar-refractivity contribution in [3.8, 4) is 16.9 Å². The second-order valence-electron chi connectivity index (χ2n) is 7.12. The van der Waals surface area contributed by atoms with E-state index in [1.54, 1.807) is 25.1 Å². The molecule has 160 valence electrons. The molecule has 2 aromatic carbocycles. The number of ketones is 1. The standard InChI is InChI=1S/C24H22F2N2O3/c1-3-24(31)28(2)20-9-7-16(12-19(20)25)17-6-8-18(22(30)13-17)21(29)10-4-15-5-11-23(26)27-14-15/h5-9,11-14,30H,3-4,10H2,1-2H3. The van der Waals surface area contributed by atoms with Crippen LogP contribution in [-0.4, -0.2) is 28.8 Å². The number of aromatic hydroxyl groups is 1. The van der Waals surface area contributed by atoms with Gasteiger partial charge in [0.2, 0.25) is 11.9 Å². The highest BCUT2D eigenvalue weighted by molar-refractivity contribution is 5.99. The van der Waals surface area contributed by atoms with Crippen molar-refractivity contribution in [2.75, 3.05) is 11.9 Å². The number of phenols is 1. The second kappa shape index (κ2) is 9.47. The van der Waals surface area contributed by atoms with E-state index in [0.29, 0.717) is 23.1 Å². The number of hydrogen-bond acceptors (Lipinski definition) is 4. The number of aromatic nitrogens is 1. The van der Waals surface area contributed by atoms with Crippen molar-refractivity contribution in [1.82, 2.24) is 4.98 Å². The lowest BCUT2D eigenvalue weighted by Gasteiger charge is -2.18. The van der Waals surface area contributed by atoms with Gasteiger partial charge in [0, 0.05) is 26.1 Å². The molecule has 0 spiro atoms. The van der Waals surface area contributed by atoms with Gasteiger partial charge in [-0.1, -0.05) is 25.1 Å². The molecule has 0 bridgehead atoms. The molecule has 0 saturated carbocycles. The lowest BCUT2D eigenvalue weighted by atomic mass is 9.98. The predicted octanol–water partition coefficient (Wildman–Crippen LogP) is 4.92. The number of halogens is 2. The number of carbonyl (C=O) groups excluding carboxylic acids is 2. The predicted molar refractivity (Wildman–Crippen MR) is 114 cm³/mol. The van der Waals surface area contributed by atoms with E-state index in [-0.39, 0.29) is 41.5 Å². The third kappa shape index (κ3) is 5.12. The van der Waals surface area contributed by atoms with Gasteiger partial charge in [-0.15, -0.1) is 0 Å². The van der Waals surface area contributed by atoms with Crippen LogP contribution in [0.2, 0.25) is 0 Å². The van der Waals surface area contributed by atoms with Crippen molar-refractivity contribution in [3.05, 3.63) is 77.6 Å². The SMILES string of the molecule is CCC(=O)N(C)c1ccc(-c2ccc(C(=O)CCc3ccc(F)nc3)c(O)c2)cc1F. The summed E-state index contributed by atoms with van der Waals surface area (Å²) in [6, 6.07) is 11.8. The van der Waals surface area contributed by atoms with Crippen LogP contribution in [0, 0.1) is 11.8 Å². The molecule has 0 aliphatic heterocycles. The Kier molecular flexibility index (Phi) is 6.74. The van der Waals surface area contributed by atoms with Crippen LogP contribution in [0.1, 0.15) is 35.7 Å². The zero-order valence-corrected chi connectivity index (χ0v) is 17.2. The number of benzene rings is 2. The Bertz CT molecular complexity index is 1110. The molecular formula is C24H22F2N2O3. The Hall–Kier alpha value is -3.61. The van der Waals surface area contributed by atoms with E-state index in [1.807, 2.05) is 0 Å².